The molecule has 0 spiro atoms. The Kier molecular flexibility index (Phi) is 3.52. The summed E-state index contributed by atoms with van der Waals surface area (Å²) < 4.78 is 0. The first-order valence-electron chi connectivity index (χ1n) is 7.22. The van der Waals surface area contributed by atoms with Crippen molar-refractivity contribution >= 4 is 17.4 Å². The quantitative estimate of drug-likeness (QED) is 0.896. The van der Waals surface area contributed by atoms with Crippen molar-refractivity contribution in [3.05, 3.63) is 29.8 Å². The largest absolute Gasteiger partial charge is 0.385 e. The van der Waals surface area contributed by atoms with Crippen molar-refractivity contribution < 1.29 is 5.11 Å². The van der Waals surface area contributed by atoms with Crippen LogP contribution in [0.15, 0.2) is 24.3 Å². The Morgan fingerprint density at radius 3 is 2.21 bits per heavy atom. The van der Waals surface area contributed by atoms with Crippen LogP contribution in [-0.4, -0.2) is 29.7 Å². The van der Waals surface area contributed by atoms with Crippen molar-refractivity contribution in [2.45, 2.75) is 48.2 Å². The molecule has 2 heterocycles. The maximum Gasteiger partial charge on any atom is 0.0917 e. The third-order valence-corrected chi connectivity index (χ3v) is 6.06. The van der Waals surface area contributed by atoms with Gasteiger partial charge in [-0.25, -0.2) is 0 Å². The molecule has 2 aliphatic rings. The number of hydrogen-bond donors (Lipinski definition) is 1. The number of aliphatic hydroxyl groups is 1. The second kappa shape index (κ2) is 5.02. The number of rotatable bonds is 2. The second-order valence-corrected chi connectivity index (χ2v) is 7.80. The average Bonchev–Trinajstić information content (AvgIpc) is 2.38. The molecule has 2 saturated heterocycles. The van der Waals surface area contributed by atoms with E-state index in [4.69, 9.17) is 0 Å². The lowest BCUT2D eigenvalue weighted by molar-refractivity contribution is 0.00814. The van der Waals surface area contributed by atoms with Crippen molar-refractivity contribution in [2.24, 2.45) is 0 Å². The molecule has 2 atom stereocenters. The van der Waals surface area contributed by atoms with Crippen molar-refractivity contribution in [3.63, 3.8) is 0 Å². The molecular formula is C16H23NOS. The Balaban J connectivity index is 1.83. The highest BCUT2D eigenvalue weighted by molar-refractivity contribution is 8.00. The maximum absolute atomic E-state index is 11.1. The SMILES string of the molecule is CN(C)c1ccc(C2(O)CC3CCCC(C2)S3)cc1. The van der Waals surface area contributed by atoms with E-state index >= 15 is 0 Å². The van der Waals surface area contributed by atoms with E-state index in [1.54, 1.807) is 0 Å². The fourth-order valence-electron chi connectivity index (χ4n) is 3.42. The van der Waals surface area contributed by atoms with Gasteiger partial charge in [-0.1, -0.05) is 18.6 Å². The number of thioether (sulfide) groups is 1. The van der Waals surface area contributed by atoms with E-state index < -0.39 is 5.60 Å². The molecule has 0 aliphatic carbocycles. The van der Waals surface area contributed by atoms with E-state index in [1.807, 2.05) is 14.1 Å². The molecule has 0 saturated carbocycles. The molecule has 0 aromatic heterocycles. The van der Waals surface area contributed by atoms with Crippen LogP contribution in [0.25, 0.3) is 0 Å². The predicted octanol–water partition coefficient (Wildman–Crippen LogP) is 3.39. The summed E-state index contributed by atoms with van der Waals surface area (Å²) in [6.07, 6.45) is 5.75. The molecular weight excluding hydrogens is 254 g/mol. The second-order valence-electron chi connectivity index (χ2n) is 6.19. The molecule has 0 amide bonds. The Morgan fingerprint density at radius 2 is 1.68 bits per heavy atom. The van der Waals surface area contributed by atoms with Gasteiger partial charge in [0.25, 0.3) is 0 Å². The molecule has 2 bridgehead atoms. The van der Waals surface area contributed by atoms with E-state index in [1.165, 1.54) is 24.9 Å². The molecule has 3 heteroatoms. The molecule has 104 valence electrons. The third kappa shape index (κ3) is 2.63. The lowest BCUT2D eigenvalue weighted by Gasteiger charge is -2.44. The number of fused-ring (bicyclic) bond motifs is 2. The van der Waals surface area contributed by atoms with Crippen LogP contribution in [0.5, 0.6) is 0 Å². The summed E-state index contributed by atoms with van der Waals surface area (Å²) in [5.41, 5.74) is 1.71. The van der Waals surface area contributed by atoms with Crippen molar-refractivity contribution in [1.82, 2.24) is 0 Å². The molecule has 3 rings (SSSR count). The van der Waals surface area contributed by atoms with Gasteiger partial charge in [0.05, 0.1) is 5.60 Å². The number of hydrogen-bond acceptors (Lipinski definition) is 3. The van der Waals surface area contributed by atoms with Crippen molar-refractivity contribution in [3.8, 4) is 0 Å². The van der Waals surface area contributed by atoms with Crippen LogP contribution in [0.3, 0.4) is 0 Å². The van der Waals surface area contributed by atoms with E-state index in [0.29, 0.717) is 10.5 Å². The van der Waals surface area contributed by atoms with Gasteiger partial charge >= 0.3 is 0 Å². The number of anilines is 1. The Hall–Kier alpha value is -0.670. The zero-order chi connectivity index (χ0) is 13.5. The van der Waals surface area contributed by atoms with Gasteiger partial charge in [0.1, 0.15) is 0 Å². The van der Waals surface area contributed by atoms with E-state index in [9.17, 15) is 5.11 Å². The van der Waals surface area contributed by atoms with E-state index in [-0.39, 0.29) is 0 Å². The van der Waals surface area contributed by atoms with Gasteiger partial charge in [-0.2, -0.15) is 11.8 Å². The summed E-state index contributed by atoms with van der Waals surface area (Å²) in [6, 6.07) is 8.46. The monoisotopic (exact) mass is 277 g/mol. The van der Waals surface area contributed by atoms with Gasteiger partial charge < -0.3 is 10.0 Å². The molecule has 0 radical (unpaired) electrons. The van der Waals surface area contributed by atoms with Gasteiger partial charge in [-0.15, -0.1) is 0 Å². The summed E-state index contributed by atoms with van der Waals surface area (Å²) in [5, 5.41) is 12.4. The molecule has 2 unspecified atom stereocenters. The minimum absolute atomic E-state index is 0.591. The van der Waals surface area contributed by atoms with Gasteiger partial charge in [0.2, 0.25) is 0 Å². The number of nitrogens with zero attached hydrogens (tertiary/aromatic N) is 1. The predicted molar refractivity (Wildman–Crippen MR) is 82.9 cm³/mol. The summed E-state index contributed by atoms with van der Waals surface area (Å²) in [4.78, 5) is 2.10. The molecule has 2 aliphatic heterocycles. The van der Waals surface area contributed by atoms with Gasteiger partial charge in [-0.05, 0) is 43.4 Å². The molecule has 1 aromatic carbocycles. The first kappa shape index (κ1) is 13.3. The zero-order valence-electron chi connectivity index (χ0n) is 11.8. The maximum atomic E-state index is 11.1. The molecule has 2 fully saturated rings. The Morgan fingerprint density at radius 1 is 1.11 bits per heavy atom. The standard InChI is InChI=1S/C16H23NOS/c1-17(2)13-8-6-12(7-9-13)16(18)10-14-4-3-5-15(11-16)19-14/h6-9,14-15,18H,3-5,10-11H2,1-2H3. The van der Waals surface area contributed by atoms with Crippen LogP contribution in [0.2, 0.25) is 0 Å². The average molecular weight is 277 g/mol. The third-order valence-electron chi connectivity index (χ3n) is 4.49. The molecule has 1 aromatic rings. The smallest absolute Gasteiger partial charge is 0.0917 e. The Labute approximate surface area is 120 Å². The van der Waals surface area contributed by atoms with Crippen LogP contribution in [-0.2, 0) is 5.60 Å². The first-order valence-corrected chi connectivity index (χ1v) is 8.17. The minimum atomic E-state index is -0.591. The minimum Gasteiger partial charge on any atom is -0.385 e. The molecule has 19 heavy (non-hydrogen) atoms. The van der Waals surface area contributed by atoms with Crippen LogP contribution in [0.1, 0.15) is 37.7 Å². The summed E-state index contributed by atoms with van der Waals surface area (Å²) >= 11 is 2.11. The lowest BCUT2D eigenvalue weighted by Crippen LogP contribution is -2.40. The van der Waals surface area contributed by atoms with E-state index in [0.717, 1.165) is 18.4 Å². The molecule has 1 N–H and O–H groups in total. The summed E-state index contributed by atoms with van der Waals surface area (Å²) in [6.45, 7) is 0. The zero-order valence-corrected chi connectivity index (χ0v) is 12.6. The van der Waals surface area contributed by atoms with E-state index in [2.05, 4.69) is 40.9 Å². The fourth-order valence-corrected chi connectivity index (χ4v) is 5.32. The van der Waals surface area contributed by atoms with Crippen LogP contribution in [0.4, 0.5) is 5.69 Å². The normalized spacial score (nSPS) is 34.1. The number of benzene rings is 1. The lowest BCUT2D eigenvalue weighted by atomic mass is 9.80. The summed E-state index contributed by atoms with van der Waals surface area (Å²) in [5.74, 6) is 0. The molecule has 2 nitrogen and oxygen atoms in total. The Bertz CT molecular complexity index is 431. The van der Waals surface area contributed by atoms with Gasteiger partial charge in [-0.3, -0.25) is 0 Å². The summed E-state index contributed by atoms with van der Waals surface area (Å²) in [7, 11) is 4.09. The van der Waals surface area contributed by atoms with Gasteiger partial charge in [0.15, 0.2) is 0 Å². The first-order chi connectivity index (χ1) is 9.07. The van der Waals surface area contributed by atoms with Crippen LogP contribution in [0, 0.1) is 0 Å². The highest BCUT2D eigenvalue weighted by atomic mass is 32.2. The highest BCUT2D eigenvalue weighted by Crippen LogP contribution is 2.49. The van der Waals surface area contributed by atoms with Crippen LogP contribution < -0.4 is 4.90 Å². The van der Waals surface area contributed by atoms with Crippen molar-refractivity contribution in [1.29, 1.82) is 0 Å². The topological polar surface area (TPSA) is 23.5 Å². The van der Waals surface area contributed by atoms with Gasteiger partial charge in [0, 0.05) is 30.3 Å². The van der Waals surface area contributed by atoms with Crippen LogP contribution >= 0.6 is 11.8 Å². The highest BCUT2D eigenvalue weighted by Gasteiger charge is 2.42. The fraction of sp³-hybridized carbons (Fsp3) is 0.625. The van der Waals surface area contributed by atoms with Crippen molar-refractivity contribution in [2.75, 3.05) is 19.0 Å².